The van der Waals surface area contributed by atoms with E-state index in [1.165, 1.54) is 0 Å². The average Bonchev–Trinajstić information content (AvgIpc) is 2.70. The van der Waals surface area contributed by atoms with Crippen molar-refractivity contribution in [2.45, 2.75) is 50.9 Å². The van der Waals surface area contributed by atoms with Crippen LogP contribution in [0.5, 0.6) is 11.5 Å². The predicted molar refractivity (Wildman–Crippen MR) is 100 cm³/mol. The molecule has 1 saturated carbocycles. The number of ether oxygens (including phenoxy) is 3. The molecule has 3 nitrogen and oxygen atoms in total. The first-order valence-electron chi connectivity index (χ1n) is 10.2. The second kappa shape index (κ2) is 9.93. The lowest BCUT2D eigenvalue weighted by atomic mass is 9.89. The predicted octanol–water partition coefficient (Wildman–Crippen LogP) is 7.08. The second-order valence-electron chi connectivity index (χ2n) is 8.01. The minimum atomic E-state index is -4.85. The minimum absolute atomic E-state index is 0.0349. The lowest BCUT2D eigenvalue weighted by Gasteiger charge is -2.28. The molecule has 0 saturated heterocycles. The average molecular weight is 502 g/mol. The van der Waals surface area contributed by atoms with Crippen molar-refractivity contribution >= 4 is 0 Å². The van der Waals surface area contributed by atoms with E-state index in [0.717, 1.165) is 12.8 Å². The first kappa shape index (κ1) is 26.0. The lowest BCUT2D eigenvalue weighted by Crippen LogP contribution is -2.34. The summed E-state index contributed by atoms with van der Waals surface area (Å²) in [5.41, 5.74) is -2.04. The van der Waals surface area contributed by atoms with Gasteiger partial charge in [-0.05, 0) is 31.6 Å². The van der Waals surface area contributed by atoms with Gasteiger partial charge in [-0.2, -0.15) is 17.6 Å². The highest BCUT2D eigenvalue weighted by atomic mass is 19.3. The monoisotopic (exact) mass is 502 g/mol. The molecule has 2 aromatic carbocycles. The van der Waals surface area contributed by atoms with Gasteiger partial charge in [0.1, 0.15) is 28.7 Å². The summed E-state index contributed by atoms with van der Waals surface area (Å²) in [6.45, 7) is 0.795. The number of benzene rings is 2. The van der Waals surface area contributed by atoms with Gasteiger partial charge in [0, 0.05) is 24.3 Å². The van der Waals surface area contributed by atoms with Crippen LogP contribution < -0.4 is 9.47 Å². The van der Waals surface area contributed by atoms with Crippen LogP contribution in [0.4, 0.5) is 39.5 Å². The number of halogens is 9. The van der Waals surface area contributed by atoms with E-state index in [-0.39, 0.29) is 24.3 Å². The first-order valence-corrected chi connectivity index (χ1v) is 10.2. The molecule has 0 aromatic heterocycles. The van der Waals surface area contributed by atoms with Crippen LogP contribution in [0.15, 0.2) is 24.3 Å². The number of hydrogen-bond acceptors (Lipinski definition) is 3. The maximum Gasteiger partial charge on any atom is 0.432 e. The minimum Gasteiger partial charge on any atom is -0.431 e. The molecule has 1 fully saturated rings. The molecule has 3 rings (SSSR count). The van der Waals surface area contributed by atoms with Crippen LogP contribution in [0.25, 0.3) is 0 Å². The van der Waals surface area contributed by atoms with Gasteiger partial charge in [-0.3, -0.25) is 0 Å². The Morgan fingerprint density at radius 3 is 1.74 bits per heavy atom. The Balaban J connectivity index is 1.72. The van der Waals surface area contributed by atoms with Crippen molar-refractivity contribution in [3.8, 4) is 11.5 Å². The molecule has 0 radical (unpaired) electrons. The standard InChI is InChI=1S/C22H19F9O3/c1-11-2-4-12(5-3-11)32-10-21(28,29)33-13-6-15(23)19(16(24)7-13)22(30,31)34-14-8-17(25)20(27)18(26)9-14/h6-9,11-12H,2-5,10H2,1H3. The van der Waals surface area contributed by atoms with Crippen LogP contribution in [0.3, 0.4) is 0 Å². The Hall–Kier alpha value is -2.63. The van der Waals surface area contributed by atoms with E-state index < -0.39 is 71.1 Å². The maximum absolute atomic E-state index is 14.3. The Labute approximate surface area is 188 Å². The van der Waals surface area contributed by atoms with Crippen molar-refractivity contribution in [1.29, 1.82) is 0 Å². The topological polar surface area (TPSA) is 27.7 Å². The van der Waals surface area contributed by atoms with Crippen LogP contribution >= 0.6 is 0 Å². The highest BCUT2D eigenvalue weighted by Gasteiger charge is 2.42. The Bertz CT molecular complexity index is 975. The zero-order chi connectivity index (χ0) is 25.3. The fraction of sp³-hybridized carbons (Fsp3) is 0.455. The van der Waals surface area contributed by atoms with Crippen LogP contribution in [0.2, 0.25) is 0 Å². The van der Waals surface area contributed by atoms with Gasteiger partial charge in [0.05, 0.1) is 6.10 Å². The van der Waals surface area contributed by atoms with E-state index in [4.69, 9.17) is 4.74 Å². The van der Waals surface area contributed by atoms with Crippen molar-refractivity contribution in [3.63, 3.8) is 0 Å². The molecular formula is C22H19F9O3. The van der Waals surface area contributed by atoms with E-state index in [1.807, 2.05) is 6.92 Å². The Kier molecular flexibility index (Phi) is 7.59. The van der Waals surface area contributed by atoms with E-state index in [1.54, 1.807) is 0 Å². The van der Waals surface area contributed by atoms with Gasteiger partial charge in [-0.15, -0.1) is 0 Å². The molecule has 0 bridgehead atoms. The summed E-state index contributed by atoms with van der Waals surface area (Å²) in [5.74, 6) is -11.8. The smallest absolute Gasteiger partial charge is 0.431 e. The molecule has 0 heterocycles. The quantitative estimate of drug-likeness (QED) is 0.285. The van der Waals surface area contributed by atoms with E-state index in [0.29, 0.717) is 18.8 Å². The molecule has 0 amide bonds. The summed E-state index contributed by atoms with van der Waals surface area (Å²) in [6, 6.07) is 0.204. The van der Waals surface area contributed by atoms with Crippen molar-refractivity contribution < 1.29 is 53.7 Å². The molecule has 188 valence electrons. The SMILES string of the molecule is CC1CCC(OCC(F)(F)Oc2cc(F)c(C(F)(F)Oc3cc(F)c(F)c(F)c3)c(F)c2)CC1. The summed E-state index contributed by atoms with van der Waals surface area (Å²) >= 11 is 0. The van der Waals surface area contributed by atoms with Crippen LogP contribution in [-0.4, -0.2) is 18.8 Å². The molecule has 0 N–H and O–H groups in total. The maximum atomic E-state index is 14.3. The van der Waals surface area contributed by atoms with Gasteiger partial charge in [0.25, 0.3) is 0 Å². The summed E-state index contributed by atoms with van der Waals surface area (Å²) in [7, 11) is 0. The molecule has 0 aliphatic heterocycles. The highest BCUT2D eigenvalue weighted by Crippen LogP contribution is 2.38. The van der Waals surface area contributed by atoms with Crippen LogP contribution in [0, 0.1) is 35.0 Å². The zero-order valence-corrected chi connectivity index (χ0v) is 17.6. The molecule has 2 aromatic rings. The van der Waals surface area contributed by atoms with Gasteiger partial charge in [0.2, 0.25) is 0 Å². The third kappa shape index (κ3) is 6.28. The van der Waals surface area contributed by atoms with Crippen molar-refractivity contribution in [2.24, 2.45) is 5.92 Å². The third-order valence-corrected chi connectivity index (χ3v) is 5.23. The fourth-order valence-corrected chi connectivity index (χ4v) is 3.49. The van der Waals surface area contributed by atoms with Crippen molar-refractivity contribution in [3.05, 3.63) is 58.9 Å². The number of alkyl halides is 4. The summed E-state index contributed by atoms with van der Waals surface area (Å²) < 4.78 is 138. The second-order valence-corrected chi connectivity index (χ2v) is 8.01. The number of rotatable bonds is 8. The molecule has 0 unspecified atom stereocenters. The van der Waals surface area contributed by atoms with Gasteiger partial charge in [0.15, 0.2) is 24.1 Å². The summed E-state index contributed by atoms with van der Waals surface area (Å²) in [6.07, 6.45) is -6.60. The zero-order valence-electron chi connectivity index (χ0n) is 17.6. The molecule has 0 spiro atoms. The molecule has 0 atom stereocenters. The highest BCUT2D eigenvalue weighted by molar-refractivity contribution is 5.34. The molecule has 12 heteroatoms. The van der Waals surface area contributed by atoms with Gasteiger partial charge < -0.3 is 14.2 Å². The lowest BCUT2D eigenvalue weighted by molar-refractivity contribution is -0.222. The van der Waals surface area contributed by atoms with Gasteiger partial charge in [-0.25, -0.2) is 22.0 Å². The van der Waals surface area contributed by atoms with E-state index in [9.17, 15) is 39.5 Å². The van der Waals surface area contributed by atoms with Gasteiger partial charge >= 0.3 is 12.2 Å². The van der Waals surface area contributed by atoms with Crippen LogP contribution in [-0.2, 0) is 10.8 Å². The molecule has 34 heavy (non-hydrogen) atoms. The third-order valence-electron chi connectivity index (χ3n) is 5.23. The van der Waals surface area contributed by atoms with Crippen molar-refractivity contribution in [1.82, 2.24) is 0 Å². The molecule has 1 aliphatic carbocycles. The van der Waals surface area contributed by atoms with E-state index >= 15 is 0 Å². The first-order chi connectivity index (χ1) is 15.8. The van der Waals surface area contributed by atoms with E-state index in [2.05, 4.69) is 9.47 Å². The van der Waals surface area contributed by atoms with Crippen LogP contribution in [0.1, 0.15) is 38.2 Å². The largest absolute Gasteiger partial charge is 0.432 e. The van der Waals surface area contributed by atoms with Gasteiger partial charge in [-0.1, -0.05) is 6.92 Å². The Morgan fingerprint density at radius 1 is 0.735 bits per heavy atom. The normalized spacial score (nSPS) is 19.2. The fourth-order valence-electron chi connectivity index (χ4n) is 3.49. The number of hydrogen-bond donors (Lipinski definition) is 0. The molecule has 1 aliphatic rings. The summed E-state index contributed by atoms with van der Waals surface area (Å²) in [5, 5.41) is 0. The molecular weight excluding hydrogens is 483 g/mol. The summed E-state index contributed by atoms with van der Waals surface area (Å²) in [4.78, 5) is 0. The van der Waals surface area contributed by atoms with Crippen molar-refractivity contribution in [2.75, 3.05) is 6.61 Å². The Morgan fingerprint density at radius 2 is 1.21 bits per heavy atom.